The van der Waals surface area contributed by atoms with Crippen LogP contribution in [-0.4, -0.2) is 48.9 Å². The molecule has 1 amide bonds. The first-order valence-corrected chi connectivity index (χ1v) is 9.81. The fraction of sp³-hybridized carbons (Fsp3) is 0.364. The molecule has 8 heteroatoms. The van der Waals surface area contributed by atoms with Crippen LogP contribution in [0.4, 0.5) is 4.79 Å². The number of nitrogens with zero attached hydrogens (tertiary/aromatic N) is 1. The Hall–Kier alpha value is -3.42. The number of carbonyl (C=O) groups excluding carboxylic acids is 2. The molecule has 3 aliphatic rings. The molecule has 156 valence electrons. The largest absolute Gasteiger partial charge is 0.504 e. The number of aromatic hydroxyl groups is 1. The van der Waals surface area contributed by atoms with Crippen molar-refractivity contribution < 1.29 is 33.6 Å². The summed E-state index contributed by atoms with van der Waals surface area (Å²) < 4.78 is 21.5. The molecule has 5 rings (SSSR count). The lowest BCUT2D eigenvalue weighted by Gasteiger charge is -2.44. The van der Waals surface area contributed by atoms with Crippen LogP contribution in [0.25, 0.3) is 0 Å². The highest BCUT2D eigenvalue weighted by atomic mass is 16.7. The molecule has 0 bridgehead atoms. The van der Waals surface area contributed by atoms with Crippen molar-refractivity contribution in [3.63, 3.8) is 0 Å². The summed E-state index contributed by atoms with van der Waals surface area (Å²) in [5, 5.41) is 10.3. The number of amides is 1. The van der Waals surface area contributed by atoms with E-state index < -0.39 is 11.6 Å². The number of phenols is 1. The number of methoxy groups -OCH3 is 1. The maximum Gasteiger partial charge on any atom is 0.410 e. The van der Waals surface area contributed by atoms with Gasteiger partial charge in [-0.1, -0.05) is 0 Å². The van der Waals surface area contributed by atoms with Gasteiger partial charge in [-0.05, 0) is 54.3 Å². The zero-order chi connectivity index (χ0) is 21.0. The maximum atomic E-state index is 13.9. The molecule has 1 N–H and O–H groups in total. The summed E-state index contributed by atoms with van der Waals surface area (Å²) in [6, 6.07) is 6.75. The lowest BCUT2D eigenvalue weighted by Crippen LogP contribution is -2.57. The molecule has 2 heterocycles. The molecule has 1 aliphatic carbocycles. The van der Waals surface area contributed by atoms with E-state index in [9.17, 15) is 14.7 Å². The lowest BCUT2D eigenvalue weighted by molar-refractivity contribution is 0.0392. The Bertz CT molecular complexity index is 1080. The Labute approximate surface area is 172 Å². The average Bonchev–Trinajstić information content (AvgIpc) is 3.29. The third kappa shape index (κ3) is 2.39. The summed E-state index contributed by atoms with van der Waals surface area (Å²) in [6.07, 6.45) is 0.216. The van der Waals surface area contributed by atoms with E-state index in [2.05, 4.69) is 0 Å². The minimum absolute atomic E-state index is 0.000258. The van der Waals surface area contributed by atoms with Crippen molar-refractivity contribution >= 4 is 11.9 Å². The van der Waals surface area contributed by atoms with Crippen molar-refractivity contribution in [2.45, 2.75) is 25.3 Å². The van der Waals surface area contributed by atoms with Crippen molar-refractivity contribution in [3.05, 3.63) is 46.5 Å². The average molecular weight is 411 g/mol. The molecule has 0 radical (unpaired) electrons. The maximum absolute atomic E-state index is 13.9. The number of Topliss-reactive ketones (excluding diaryl/α,β-unsaturated/α-hetero) is 1. The van der Waals surface area contributed by atoms with Crippen LogP contribution >= 0.6 is 0 Å². The third-order valence-electron chi connectivity index (χ3n) is 6.07. The van der Waals surface area contributed by atoms with Gasteiger partial charge in [-0.25, -0.2) is 4.79 Å². The van der Waals surface area contributed by atoms with Gasteiger partial charge in [-0.15, -0.1) is 0 Å². The minimum atomic E-state index is -1.28. The normalized spacial score (nSPS) is 20.9. The molecule has 0 aromatic heterocycles. The molecule has 0 saturated carbocycles. The Morgan fingerprint density at radius 1 is 1.20 bits per heavy atom. The first kappa shape index (κ1) is 18.6. The van der Waals surface area contributed by atoms with Crippen molar-refractivity contribution in [2.24, 2.45) is 0 Å². The first-order valence-electron chi connectivity index (χ1n) is 9.81. The molecule has 2 aromatic rings. The van der Waals surface area contributed by atoms with Crippen LogP contribution in [0.15, 0.2) is 24.3 Å². The van der Waals surface area contributed by atoms with Crippen LogP contribution in [0.2, 0.25) is 0 Å². The molecule has 1 unspecified atom stereocenters. The van der Waals surface area contributed by atoms with Crippen molar-refractivity contribution in [1.29, 1.82) is 0 Å². The highest BCUT2D eigenvalue weighted by molar-refractivity contribution is 6.10. The molecule has 30 heavy (non-hydrogen) atoms. The summed E-state index contributed by atoms with van der Waals surface area (Å²) in [7, 11) is 1.45. The van der Waals surface area contributed by atoms with Crippen LogP contribution in [-0.2, 0) is 23.1 Å². The molecule has 0 fully saturated rings. The van der Waals surface area contributed by atoms with Crippen LogP contribution in [0.1, 0.15) is 34.0 Å². The zero-order valence-corrected chi connectivity index (χ0v) is 16.7. The van der Waals surface area contributed by atoms with E-state index in [0.717, 1.165) is 11.1 Å². The molecule has 0 saturated heterocycles. The summed E-state index contributed by atoms with van der Waals surface area (Å²) >= 11 is 0. The third-order valence-corrected chi connectivity index (χ3v) is 6.07. The highest BCUT2D eigenvalue weighted by Crippen LogP contribution is 2.51. The highest BCUT2D eigenvalue weighted by Gasteiger charge is 2.56. The minimum Gasteiger partial charge on any atom is -0.504 e. The van der Waals surface area contributed by atoms with Crippen molar-refractivity contribution in [3.8, 4) is 23.0 Å². The van der Waals surface area contributed by atoms with Crippen LogP contribution in [0, 0.1) is 0 Å². The first-order chi connectivity index (χ1) is 14.5. The quantitative estimate of drug-likeness (QED) is 0.812. The van der Waals surface area contributed by atoms with Gasteiger partial charge < -0.3 is 24.1 Å². The molecular formula is C22H21NO7. The van der Waals surface area contributed by atoms with Crippen LogP contribution in [0.5, 0.6) is 23.0 Å². The number of benzene rings is 2. The van der Waals surface area contributed by atoms with E-state index in [1.54, 1.807) is 31.2 Å². The van der Waals surface area contributed by atoms with Gasteiger partial charge >= 0.3 is 6.09 Å². The van der Waals surface area contributed by atoms with Gasteiger partial charge in [0.2, 0.25) is 6.79 Å². The number of fused-ring (bicyclic) bond motifs is 4. The molecule has 8 nitrogen and oxygen atoms in total. The fourth-order valence-corrected chi connectivity index (χ4v) is 4.74. The smallest absolute Gasteiger partial charge is 0.410 e. The topological polar surface area (TPSA) is 94.5 Å². The molecule has 2 aliphatic heterocycles. The lowest BCUT2D eigenvalue weighted by atomic mass is 9.77. The number of ether oxygens (including phenoxy) is 4. The molecule has 2 aromatic carbocycles. The number of hydrogen-bond acceptors (Lipinski definition) is 7. The van der Waals surface area contributed by atoms with Crippen LogP contribution in [0.3, 0.4) is 0 Å². The second-order valence-electron chi connectivity index (χ2n) is 7.51. The van der Waals surface area contributed by atoms with E-state index in [1.807, 2.05) is 0 Å². The Kier molecular flexibility index (Phi) is 4.06. The number of rotatable bonds is 2. The van der Waals surface area contributed by atoms with Gasteiger partial charge in [-0.2, -0.15) is 0 Å². The standard InChI is InChI=1S/C22H21NO7/c1-3-28-21(26)23-5-4-12-6-16(24)17(27-2)9-15(12)22(23)10-13-7-18-19(30-11-29-18)8-14(13)20(22)25/h6-9,24H,3-5,10-11H2,1-2H3. The molecule has 1 spiro atoms. The van der Waals surface area contributed by atoms with Crippen molar-refractivity contribution in [2.75, 3.05) is 27.1 Å². The Balaban J connectivity index is 1.72. The zero-order valence-electron chi connectivity index (χ0n) is 16.7. The van der Waals surface area contributed by atoms with Gasteiger partial charge in [0.05, 0.1) is 13.7 Å². The number of phenolic OH excluding ortho intramolecular Hbond substituents is 1. The van der Waals surface area contributed by atoms with Crippen LogP contribution < -0.4 is 14.2 Å². The predicted molar refractivity (Wildman–Crippen MR) is 104 cm³/mol. The van der Waals surface area contributed by atoms with E-state index >= 15 is 0 Å². The predicted octanol–water partition coefficient (Wildman–Crippen LogP) is 2.78. The van der Waals surface area contributed by atoms with Gasteiger partial charge in [0, 0.05) is 18.5 Å². The van der Waals surface area contributed by atoms with E-state index in [4.69, 9.17) is 18.9 Å². The van der Waals surface area contributed by atoms with Gasteiger partial charge in [0.1, 0.15) is 5.54 Å². The summed E-state index contributed by atoms with van der Waals surface area (Å²) in [5.41, 5.74) is 1.43. The van der Waals surface area contributed by atoms with E-state index in [1.165, 1.54) is 12.0 Å². The van der Waals surface area contributed by atoms with Gasteiger partial charge in [0.25, 0.3) is 0 Å². The monoisotopic (exact) mass is 411 g/mol. The van der Waals surface area contributed by atoms with Gasteiger partial charge in [-0.3, -0.25) is 9.69 Å². The van der Waals surface area contributed by atoms with E-state index in [0.29, 0.717) is 35.6 Å². The Morgan fingerprint density at radius 2 is 1.97 bits per heavy atom. The number of carbonyl (C=O) groups is 2. The molecular weight excluding hydrogens is 390 g/mol. The van der Waals surface area contributed by atoms with E-state index in [-0.39, 0.29) is 37.1 Å². The Morgan fingerprint density at radius 3 is 2.70 bits per heavy atom. The van der Waals surface area contributed by atoms with Crippen molar-refractivity contribution in [1.82, 2.24) is 4.90 Å². The SMILES string of the molecule is CCOC(=O)N1CCc2cc(O)c(OC)cc2C12Cc1cc3c(cc1C2=O)OCO3. The fourth-order valence-electron chi connectivity index (χ4n) is 4.74. The molecule has 1 atom stereocenters. The second-order valence-corrected chi connectivity index (χ2v) is 7.51. The summed E-state index contributed by atoms with van der Waals surface area (Å²) in [5.74, 6) is 1.13. The van der Waals surface area contributed by atoms with Gasteiger partial charge in [0.15, 0.2) is 28.8 Å². The summed E-state index contributed by atoms with van der Waals surface area (Å²) in [6.45, 7) is 2.35. The number of hydrogen-bond donors (Lipinski definition) is 1. The number of ketones is 1. The summed E-state index contributed by atoms with van der Waals surface area (Å²) in [4.78, 5) is 28.3. The second kappa shape index (κ2) is 6.55.